The van der Waals surface area contributed by atoms with Crippen molar-refractivity contribution in [2.75, 3.05) is 0 Å². The topological polar surface area (TPSA) is 169 Å². The van der Waals surface area contributed by atoms with Gasteiger partial charge in [-0.15, -0.1) is 0 Å². The zero-order chi connectivity index (χ0) is 27.5. The summed E-state index contributed by atoms with van der Waals surface area (Å²) in [6, 6.07) is 7.82. The molecule has 36 heavy (non-hydrogen) atoms. The molecule has 10 nitrogen and oxygen atoms in total. The lowest BCUT2D eigenvalue weighted by Gasteiger charge is -2.29. The number of alkyl carbamates (subject to hydrolysis) is 1. The summed E-state index contributed by atoms with van der Waals surface area (Å²) in [4.78, 5) is 41.6. The molecule has 0 aliphatic heterocycles. The van der Waals surface area contributed by atoms with Gasteiger partial charge >= 0.3 is 6.09 Å². The number of carbonyl (C=O) groups is 3. The number of carbonyl (C=O) groups excluding carboxylic acids is 3. The minimum absolute atomic E-state index is 0.0777. The molecule has 0 aliphatic rings. The van der Waals surface area contributed by atoms with Gasteiger partial charge in [-0.25, -0.2) is 4.79 Å². The Balaban J connectivity index is 3.07. The molecule has 1 aromatic rings. The maximum atomic E-state index is 13.2. The molecule has 1 aromatic carbocycles. The van der Waals surface area contributed by atoms with Crippen LogP contribution in [0.1, 0.15) is 66.4 Å². The first-order chi connectivity index (χ1) is 16.7. The monoisotopic (exact) mass is 505 g/mol. The van der Waals surface area contributed by atoms with Gasteiger partial charge in [0.25, 0.3) is 5.91 Å². The Morgan fingerprint density at radius 1 is 1.08 bits per heavy atom. The summed E-state index contributed by atoms with van der Waals surface area (Å²) in [5.41, 5.74) is 10.9. The first kappa shape index (κ1) is 30.9. The standard InChI is InChI=1S/C26H43N5O5/c1-7-11-18(22(33)30-21(16(2)3)23(34)31-24(27)28)15-20(32)19(14-17-12-9-8-10-13-17)29-25(35)36-26(4,5)6/h8-10,12-13,16,18-21,32H,7,11,14-15H2,1-6H3,(H,29,35)(H,30,33)(H4,27,28,31,34)/t18?,19?,20?,21-/m0/s1. The summed E-state index contributed by atoms with van der Waals surface area (Å²) in [7, 11) is 0. The highest BCUT2D eigenvalue weighted by atomic mass is 16.6. The van der Waals surface area contributed by atoms with Crippen LogP contribution in [0.15, 0.2) is 35.3 Å². The first-order valence-corrected chi connectivity index (χ1v) is 12.4. The second-order valence-electron chi connectivity index (χ2n) is 10.3. The van der Waals surface area contributed by atoms with Crippen LogP contribution in [0, 0.1) is 11.8 Å². The number of aliphatic hydroxyl groups excluding tert-OH is 1. The number of nitrogens with zero attached hydrogens (tertiary/aromatic N) is 1. The Morgan fingerprint density at radius 2 is 1.69 bits per heavy atom. The van der Waals surface area contributed by atoms with Crippen LogP contribution in [0.5, 0.6) is 0 Å². The predicted molar refractivity (Wildman–Crippen MR) is 140 cm³/mol. The molecular formula is C26H43N5O5. The molecule has 7 N–H and O–H groups in total. The third-order valence-corrected chi connectivity index (χ3v) is 5.47. The van der Waals surface area contributed by atoms with Crippen LogP contribution in [0.25, 0.3) is 0 Å². The molecule has 0 heterocycles. The number of hydrogen-bond donors (Lipinski definition) is 5. The van der Waals surface area contributed by atoms with Crippen molar-refractivity contribution in [3.05, 3.63) is 35.9 Å². The number of aliphatic hydroxyl groups is 1. The van der Waals surface area contributed by atoms with Crippen LogP contribution >= 0.6 is 0 Å². The molecule has 0 saturated heterocycles. The summed E-state index contributed by atoms with van der Waals surface area (Å²) in [6.45, 7) is 10.7. The Bertz CT molecular complexity index is 878. The third-order valence-electron chi connectivity index (χ3n) is 5.47. The fourth-order valence-corrected chi connectivity index (χ4v) is 3.75. The van der Waals surface area contributed by atoms with Crippen LogP contribution < -0.4 is 22.1 Å². The van der Waals surface area contributed by atoms with Crippen molar-refractivity contribution in [1.29, 1.82) is 0 Å². The van der Waals surface area contributed by atoms with Gasteiger partial charge in [0, 0.05) is 5.92 Å². The number of hydrogen-bond acceptors (Lipinski definition) is 5. The van der Waals surface area contributed by atoms with E-state index in [1.807, 2.05) is 37.3 Å². The number of amides is 3. The number of aliphatic imine (C=N–C) groups is 1. The van der Waals surface area contributed by atoms with E-state index in [4.69, 9.17) is 16.2 Å². The van der Waals surface area contributed by atoms with Crippen molar-refractivity contribution in [1.82, 2.24) is 10.6 Å². The number of nitrogens with two attached hydrogens (primary N) is 2. The van der Waals surface area contributed by atoms with Gasteiger partial charge in [0.05, 0.1) is 12.1 Å². The van der Waals surface area contributed by atoms with Crippen LogP contribution in [0.4, 0.5) is 4.79 Å². The highest BCUT2D eigenvalue weighted by Gasteiger charge is 2.32. The maximum Gasteiger partial charge on any atom is 0.407 e. The van der Waals surface area contributed by atoms with Crippen molar-refractivity contribution in [3.8, 4) is 0 Å². The predicted octanol–water partition coefficient (Wildman–Crippen LogP) is 2.23. The quantitative estimate of drug-likeness (QED) is 0.214. The van der Waals surface area contributed by atoms with Crippen molar-refractivity contribution >= 4 is 23.9 Å². The Morgan fingerprint density at radius 3 is 2.19 bits per heavy atom. The third kappa shape index (κ3) is 11.5. The van der Waals surface area contributed by atoms with Gasteiger partial charge in [-0.1, -0.05) is 57.5 Å². The van der Waals surface area contributed by atoms with Gasteiger partial charge in [-0.05, 0) is 51.5 Å². The van der Waals surface area contributed by atoms with Crippen LogP contribution in [-0.4, -0.2) is 52.8 Å². The molecule has 0 fully saturated rings. The lowest BCUT2D eigenvalue weighted by molar-refractivity contribution is -0.131. The van der Waals surface area contributed by atoms with Gasteiger partial charge < -0.3 is 31.9 Å². The summed E-state index contributed by atoms with van der Waals surface area (Å²) >= 11 is 0. The van der Waals surface area contributed by atoms with E-state index >= 15 is 0 Å². The van der Waals surface area contributed by atoms with Crippen LogP contribution in [0.3, 0.4) is 0 Å². The van der Waals surface area contributed by atoms with E-state index in [9.17, 15) is 19.5 Å². The van der Waals surface area contributed by atoms with Crippen LogP contribution in [0.2, 0.25) is 0 Å². The fourth-order valence-electron chi connectivity index (χ4n) is 3.75. The van der Waals surface area contributed by atoms with Gasteiger partial charge in [-0.3, -0.25) is 9.59 Å². The largest absolute Gasteiger partial charge is 0.444 e. The van der Waals surface area contributed by atoms with E-state index in [0.29, 0.717) is 19.3 Å². The Labute approximate surface area is 214 Å². The van der Waals surface area contributed by atoms with E-state index in [1.165, 1.54) is 0 Å². The number of nitrogens with one attached hydrogen (secondary N) is 2. The Kier molecular flexibility index (Phi) is 12.4. The Hall–Kier alpha value is -3.14. The molecule has 3 unspecified atom stereocenters. The van der Waals surface area contributed by atoms with Crippen molar-refractivity contribution in [2.45, 2.75) is 91.0 Å². The minimum atomic E-state index is -1.05. The normalized spacial score (nSPS) is 14.8. The average molecular weight is 506 g/mol. The summed E-state index contributed by atoms with van der Waals surface area (Å²) in [6.07, 6.45) is -0.114. The number of rotatable bonds is 12. The second-order valence-corrected chi connectivity index (χ2v) is 10.3. The maximum absolute atomic E-state index is 13.2. The van der Waals surface area contributed by atoms with Gasteiger partial charge in [0.1, 0.15) is 11.6 Å². The van der Waals surface area contributed by atoms with Gasteiger partial charge in [0.2, 0.25) is 5.91 Å². The van der Waals surface area contributed by atoms with Crippen molar-refractivity contribution in [2.24, 2.45) is 28.3 Å². The number of benzene rings is 1. The molecule has 202 valence electrons. The lowest BCUT2D eigenvalue weighted by atomic mass is 9.89. The first-order valence-electron chi connectivity index (χ1n) is 12.4. The smallest absolute Gasteiger partial charge is 0.407 e. The molecule has 0 saturated carbocycles. The number of ether oxygens (including phenoxy) is 1. The molecule has 0 aromatic heterocycles. The van der Waals surface area contributed by atoms with Crippen molar-refractivity contribution in [3.63, 3.8) is 0 Å². The molecule has 3 amide bonds. The van der Waals surface area contributed by atoms with Crippen LogP contribution in [-0.2, 0) is 20.7 Å². The number of guanidine groups is 1. The zero-order valence-electron chi connectivity index (χ0n) is 22.3. The molecular weight excluding hydrogens is 462 g/mol. The zero-order valence-corrected chi connectivity index (χ0v) is 22.3. The molecule has 0 aliphatic carbocycles. The van der Waals surface area contributed by atoms with Gasteiger partial charge in [-0.2, -0.15) is 4.99 Å². The van der Waals surface area contributed by atoms with E-state index in [-0.39, 0.29) is 24.2 Å². The summed E-state index contributed by atoms with van der Waals surface area (Å²) < 4.78 is 5.38. The molecule has 0 spiro atoms. The SMILES string of the molecule is CCCC(CC(O)C(Cc1ccccc1)NC(=O)OC(C)(C)C)C(=O)N[C@H](C(=O)N=C(N)N)C(C)C. The van der Waals surface area contributed by atoms with E-state index in [1.54, 1.807) is 34.6 Å². The molecule has 4 atom stereocenters. The van der Waals surface area contributed by atoms with E-state index < -0.39 is 41.7 Å². The molecule has 0 radical (unpaired) electrons. The van der Waals surface area contributed by atoms with E-state index in [2.05, 4.69) is 15.6 Å². The second kappa shape index (κ2) is 14.4. The fraction of sp³-hybridized carbons (Fsp3) is 0.615. The minimum Gasteiger partial charge on any atom is -0.444 e. The van der Waals surface area contributed by atoms with Gasteiger partial charge in [0.15, 0.2) is 5.96 Å². The summed E-state index contributed by atoms with van der Waals surface area (Å²) in [5.74, 6) is -2.25. The van der Waals surface area contributed by atoms with E-state index in [0.717, 1.165) is 5.56 Å². The highest BCUT2D eigenvalue weighted by molar-refractivity contribution is 5.96. The summed E-state index contributed by atoms with van der Waals surface area (Å²) in [5, 5.41) is 16.7. The molecule has 0 bridgehead atoms. The molecule has 10 heteroatoms. The van der Waals surface area contributed by atoms with Crippen molar-refractivity contribution < 1.29 is 24.2 Å². The average Bonchev–Trinajstić information content (AvgIpc) is 2.75. The molecule has 1 rings (SSSR count). The lowest BCUT2D eigenvalue weighted by Crippen LogP contribution is -2.50. The highest BCUT2D eigenvalue weighted by Crippen LogP contribution is 2.20.